The van der Waals surface area contributed by atoms with E-state index in [1.165, 1.54) is 59.6 Å². The first-order chi connectivity index (χ1) is 27.8. The van der Waals surface area contributed by atoms with Gasteiger partial charge < -0.3 is 54.7 Å². The Hall–Kier alpha value is -5.16. The molecule has 0 aromatic heterocycles. The summed E-state index contributed by atoms with van der Waals surface area (Å²) in [6.07, 6.45) is 5.65. The first-order valence-electron chi connectivity index (χ1n) is 19.7. The van der Waals surface area contributed by atoms with Crippen molar-refractivity contribution >= 4 is 40.3 Å². The van der Waals surface area contributed by atoms with Gasteiger partial charge in [0.15, 0.2) is 5.75 Å². The molecule has 0 radical (unpaired) electrons. The SMILES string of the molecule is COC(=O)C1C(C)C(OC)C=COC2(C)Oc3c(C)c(O)c4c(O)c(c(/C=N/N5CCN(C)CC5)c(O)c4c3C2=O)NC(=O)/C(C)=C\C=C/C(C)C(O)C(C)C(O)C1C. The number of Topliss-reactive ketones (excluding diaryl/α,β-unsaturated/α-hetero) is 1. The molecule has 9 atom stereocenters. The predicted molar refractivity (Wildman–Crippen MR) is 220 cm³/mol. The Morgan fingerprint density at radius 2 is 1.59 bits per heavy atom. The number of hydrogen-bond donors (Lipinski definition) is 6. The summed E-state index contributed by atoms with van der Waals surface area (Å²) in [7, 11) is 4.65. The summed E-state index contributed by atoms with van der Waals surface area (Å²) in [5, 5.41) is 66.9. The number of nitrogens with one attached hydrogen (secondary N) is 1. The number of carbonyl (C=O) groups is 3. The van der Waals surface area contributed by atoms with Gasteiger partial charge in [-0.2, -0.15) is 5.10 Å². The molecule has 6 rings (SSSR count). The van der Waals surface area contributed by atoms with Crippen molar-refractivity contribution in [1.29, 1.82) is 0 Å². The molecule has 2 aromatic rings. The van der Waals surface area contributed by atoms with Crippen molar-refractivity contribution in [1.82, 2.24) is 9.91 Å². The molecule has 9 unspecified atom stereocenters. The minimum absolute atomic E-state index is 0.0529. The summed E-state index contributed by atoms with van der Waals surface area (Å²) in [5.41, 5.74) is -0.364. The summed E-state index contributed by atoms with van der Waals surface area (Å²) in [4.78, 5) is 43.6. The van der Waals surface area contributed by atoms with Gasteiger partial charge in [-0.25, -0.2) is 0 Å². The lowest BCUT2D eigenvalue weighted by atomic mass is 9.73. The highest BCUT2D eigenvalue weighted by Crippen LogP contribution is 2.55. The van der Waals surface area contributed by atoms with Crippen LogP contribution in [0.4, 0.5) is 5.69 Å². The fourth-order valence-electron chi connectivity index (χ4n) is 8.12. The van der Waals surface area contributed by atoms with Crippen LogP contribution < -0.4 is 10.1 Å². The number of allylic oxidation sites excluding steroid dienone is 2. The molecule has 6 N–H and O–H groups in total. The molecule has 4 aliphatic rings. The van der Waals surface area contributed by atoms with Crippen molar-refractivity contribution in [2.75, 3.05) is 52.8 Å². The van der Waals surface area contributed by atoms with Crippen LogP contribution in [0.3, 0.4) is 0 Å². The summed E-state index contributed by atoms with van der Waals surface area (Å²) >= 11 is 0. The van der Waals surface area contributed by atoms with E-state index < -0.39 is 88.6 Å². The number of aromatic hydroxyl groups is 3. The Balaban J connectivity index is 1.71. The molecule has 0 aliphatic carbocycles. The third-order valence-corrected chi connectivity index (χ3v) is 12.1. The largest absolute Gasteiger partial charge is 0.507 e. The van der Waals surface area contributed by atoms with Crippen molar-refractivity contribution in [3.8, 4) is 23.0 Å². The third kappa shape index (κ3) is 8.62. The van der Waals surface area contributed by atoms with Crippen molar-refractivity contribution in [2.24, 2.45) is 34.7 Å². The smallest absolute Gasteiger partial charge is 0.312 e. The lowest BCUT2D eigenvalue weighted by Crippen LogP contribution is -2.45. The normalized spacial score (nSPS) is 31.5. The average Bonchev–Trinajstić information content (AvgIpc) is 3.47. The number of likely N-dealkylation sites (N-methyl/N-ethyl adjacent to an activating group) is 1. The molecule has 1 amide bonds. The van der Waals surface area contributed by atoms with Gasteiger partial charge in [0.1, 0.15) is 17.2 Å². The lowest BCUT2D eigenvalue weighted by Gasteiger charge is -2.37. The molecule has 4 heterocycles. The molecule has 0 saturated carbocycles. The summed E-state index contributed by atoms with van der Waals surface area (Å²) < 4.78 is 23.0. The fourth-order valence-corrected chi connectivity index (χ4v) is 8.12. The van der Waals surface area contributed by atoms with Gasteiger partial charge in [-0.1, -0.05) is 45.9 Å². The number of ether oxygens (including phenoxy) is 4. The summed E-state index contributed by atoms with van der Waals surface area (Å²) in [6.45, 7) is 13.8. The number of carbonyl (C=O) groups excluding carboxylic acids is 3. The van der Waals surface area contributed by atoms with E-state index in [-0.39, 0.29) is 44.5 Å². The third-order valence-electron chi connectivity index (χ3n) is 12.1. The molecule has 1 saturated heterocycles. The molecule has 16 nitrogen and oxygen atoms in total. The minimum Gasteiger partial charge on any atom is -0.507 e. The maximum Gasteiger partial charge on any atom is 0.312 e. The number of fused-ring (bicyclic) bond motifs is 14. The van der Waals surface area contributed by atoms with E-state index >= 15 is 0 Å². The van der Waals surface area contributed by atoms with Crippen LogP contribution in [-0.2, 0) is 23.8 Å². The predicted octanol–water partition coefficient (Wildman–Crippen LogP) is 4.19. The van der Waals surface area contributed by atoms with Gasteiger partial charge in [-0.3, -0.25) is 19.4 Å². The van der Waals surface area contributed by atoms with Crippen LogP contribution in [0.2, 0.25) is 0 Å². The van der Waals surface area contributed by atoms with Crippen LogP contribution in [0.15, 0.2) is 41.2 Å². The van der Waals surface area contributed by atoms with Gasteiger partial charge in [-0.05, 0) is 38.8 Å². The van der Waals surface area contributed by atoms with Gasteiger partial charge >= 0.3 is 11.8 Å². The summed E-state index contributed by atoms with van der Waals surface area (Å²) in [5.74, 6) is -9.41. The number of aliphatic hydroxyl groups excluding tert-OH is 2. The Morgan fingerprint density at radius 3 is 2.22 bits per heavy atom. The maximum absolute atomic E-state index is 14.4. The maximum atomic E-state index is 14.4. The molecule has 2 aromatic carbocycles. The highest BCUT2D eigenvalue weighted by Gasteiger charge is 2.50. The zero-order valence-electron chi connectivity index (χ0n) is 35.3. The molecule has 1 fully saturated rings. The standard InChI is InChI=1S/C43H58N4O12/c1-21-12-11-13-22(2)41(54)45-33-27(20-44-47-17-15-46(8)16-18-47)37(51)30-31(38(33)52)36(50)26(6)39-32(30)40(53)43(7,59-39)58-19-14-28(56-9)23(3)29(42(55)57-10)24(4)35(49)25(5)34(21)48/h11-14,19-21,23-25,28-29,34-35,48-52H,15-18H2,1-10H3,(H,45,54)/b12-11-,19-14?,22-13-,44-20+. The number of phenolic OH excluding ortho intramolecular Hbond substituents is 3. The van der Waals surface area contributed by atoms with Gasteiger partial charge in [-0.15, -0.1) is 0 Å². The number of aliphatic hydroxyl groups is 2. The number of piperazine rings is 1. The molecule has 5 bridgehead atoms. The van der Waals surface area contributed by atoms with E-state index in [0.717, 1.165) is 13.1 Å². The van der Waals surface area contributed by atoms with E-state index in [4.69, 9.17) is 18.9 Å². The fraction of sp³-hybridized carbons (Fsp3) is 0.535. The molecule has 0 spiro atoms. The van der Waals surface area contributed by atoms with Crippen LogP contribution in [0.25, 0.3) is 10.8 Å². The molecule has 59 heavy (non-hydrogen) atoms. The summed E-state index contributed by atoms with van der Waals surface area (Å²) in [6, 6.07) is 0. The number of esters is 1. The number of nitrogens with zero attached hydrogens (tertiary/aromatic N) is 3. The second-order valence-corrected chi connectivity index (χ2v) is 16.1. The number of hydrazone groups is 1. The number of benzene rings is 2. The number of rotatable bonds is 4. The van der Waals surface area contributed by atoms with Crippen LogP contribution >= 0.6 is 0 Å². The molecule has 4 aliphatic heterocycles. The Bertz CT molecular complexity index is 2070. The first kappa shape index (κ1) is 44.9. The van der Waals surface area contributed by atoms with E-state index in [2.05, 4.69) is 15.3 Å². The van der Waals surface area contributed by atoms with Crippen LogP contribution in [0.5, 0.6) is 23.0 Å². The Morgan fingerprint density at radius 1 is 0.932 bits per heavy atom. The van der Waals surface area contributed by atoms with Gasteiger partial charge in [0.05, 0.1) is 66.0 Å². The van der Waals surface area contributed by atoms with Crippen molar-refractivity contribution in [3.05, 3.63) is 52.8 Å². The van der Waals surface area contributed by atoms with Crippen molar-refractivity contribution < 1.29 is 58.9 Å². The Labute approximate surface area is 344 Å². The van der Waals surface area contributed by atoms with E-state index in [1.807, 2.05) is 7.05 Å². The first-order valence-corrected chi connectivity index (χ1v) is 19.7. The number of hydrogen-bond acceptors (Lipinski definition) is 15. The number of amides is 1. The lowest BCUT2D eigenvalue weighted by molar-refractivity contribution is -0.155. The molecule has 322 valence electrons. The van der Waals surface area contributed by atoms with Gasteiger partial charge in [0.2, 0.25) is 0 Å². The Kier molecular flexibility index (Phi) is 13.7. The van der Waals surface area contributed by atoms with Crippen molar-refractivity contribution in [3.63, 3.8) is 0 Å². The second-order valence-electron chi connectivity index (χ2n) is 16.1. The van der Waals surface area contributed by atoms with Crippen LogP contribution in [0.1, 0.15) is 63.0 Å². The monoisotopic (exact) mass is 822 g/mol. The quantitative estimate of drug-likeness (QED) is 0.110. The second kappa shape index (κ2) is 18.0. The number of methoxy groups -OCH3 is 2. The highest BCUT2D eigenvalue weighted by molar-refractivity contribution is 6.23. The van der Waals surface area contributed by atoms with Crippen LogP contribution in [0, 0.1) is 36.5 Å². The van der Waals surface area contributed by atoms with E-state index in [9.17, 15) is 39.9 Å². The van der Waals surface area contributed by atoms with E-state index in [1.54, 1.807) is 44.9 Å². The van der Waals surface area contributed by atoms with Gasteiger partial charge in [0.25, 0.3) is 11.7 Å². The number of ketones is 1. The topological polar surface area (TPSA) is 220 Å². The van der Waals surface area contributed by atoms with Crippen molar-refractivity contribution in [2.45, 2.75) is 72.6 Å². The zero-order chi connectivity index (χ0) is 43.7. The molecular formula is C43H58N4O12. The number of phenols is 3. The molecular weight excluding hydrogens is 764 g/mol. The molecule has 16 heteroatoms. The highest BCUT2D eigenvalue weighted by atomic mass is 16.7. The van der Waals surface area contributed by atoms with Gasteiger partial charge in [0, 0.05) is 68.6 Å². The average molecular weight is 823 g/mol. The zero-order valence-corrected chi connectivity index (χ0v) is 35.3. The minimum atomic E-state index is -2.05. The van der Waals surface area contributed by atoms with Crippen LogP contribution in [-0.4, -0.2) is 131 Å². The number of anilines is 1. The van der Waals surface area contributed by atoms with E-state index in [0.29, 0.717) is 13.1 Å².